The van der Waals surface area contributed by atoms with Crippen LogP contribution in [0.2, 0.25) is 0 Å². The molecular weight excluding hydrogens is 298 g/mol. The molecule has 0 amide bonds. The van der Waals surface area contributed by atoms with E-state index in [1.165, 1.54) is 44.3 Å². The Morgan fingerprint density at radius 1 is 1.25 bits per heavy atom. The third-order valence-electron chi connectivity index (χ3n) is 5.53. The van der Waals surface area contributed by atoms with Gasteiger partial charge in [0.1, 0.15) is 5.75 Å². The van der Waals surface area contributed by atoms with Gasteiger partial charge in [-0.15, -0.1) is 0 Å². The molecule has 1 N–H and O–H groups in total. The van der Waals surface area contributed by atoms with E-state index in [2.05, 4.69) is 29.3 Å². The molecule has 1 aromatic rings. The molecule has 3 rings (SSSR count). The summed E-state index contributed by atoms with van der Waals surface area (Å²) >= 11 is 0. The first kappa shape index (κ1) is 17.1. The number of nitrogens with zero attached hydrogens (tertiary/aromatic N) is 2. The van der Waals surface area contributed by atoms with Crippen molar-refractivity contribution in [3.05, 3.63) is 29.8 Å². The minimum atomic E-state index is 0.624. The molecule has 1 aromatic carbocycles. The van der Waals surface area contributed by atoms with Crippen LogP contribution in [0, 0.1) is 5.41 Å². The second kappa shape index (κ2) is 7.91. The monoisotopic (exact) mass is 329 g/mol. The molecule has 2 fully saturated rings. The van der Waals surface area contributed by atoms with Crippen LogP contribution in [0.5, 0.6) is 5.75 Å². The Kier molecular flexibility index (Phi) is 5.64. The number of methoxy groups -OCH3 is 1. The van der Waals surface area contributed by atoms with Gasteiger partial charge in [-0.3, -0.25) is 4.99 Å². The Morgan fingerprint density at radius 2 is 2.04 bits per heavy atom. The smallest absolute Gasteiger partial charge is 0.193 e. The first-order valence-electron chi connectivity index (χ1n) is 9.41. The fourth-order valence-electron chi connectivity index (χ4n) is 3.89. The lowest BCUT2D eigenvalue weighted by molar-refractivity contribution is 0.151. The van der Waals surface area contributed by atoms with Crippen molar-refractivity contribution in [1.82, 2.24) is 10.2 Å². The van der Waals surface area contributed by atoms with Crippen LogP contribution in [0.3, 0.4) is 0 Å². The Bertz CT molecular complexity index is 549. The zero-order valence-corrected chi connectivity index (χ0v) is 15.2. The van der Waals surface area contributed by atoms with Gasteiger partial charge in [-0.05, 0) is 62.1 Å². The minimum absolute atomic E-state index is 0.624. The van der Waals surface area contributed by atoms with Crippen molar-refractivity contribution in [2.24, 2.45) is 10.4 Å². The summed E-state index contributed by atoms with van der Waals surface area (Å²) in [7, 11) is 1.71. The van der Waals surface area contributed by atoms with E-state index in [0.717, 1.165) is 37.6 Å². The average Bonchev–Trinajstić information content (AvgIpc) is 3.04. The minimum Gasteiger partial charge on any atom is -0.497 e. The number of rotatable bonds is 6. The quantitative estimate of drug-likeness (QED) is 0.493. The third kappa shape index (κ3) is 4.03. The zero-order chi connectivity index (χ0) is 16.8. The number of guanidine groups is 1. The molecule has 24 heavy (non-hydrogen) atoms. The van der Waals surface area contributed by atoms with Crippen molar-refractivity contribution in [3.63, 3.8) is 0 Å². The number of aliphatic imine (C=N–C) groups is 1. The highest BCUT2D eigenvalue weighted by Crippen LogP contribution is 2.47. The molecule has 1 aliphatic heterocycles. The number of ether oxygens (including phenoxy) is 1. The predicted octanol–water partition coefficient (Wildman–Crippen LogP) is 3.47. The molecule has 1 saturated carbocycles. The lowest BCUT2D eigenvalue weighted by Crippen LogP contribution is -2.42. The van der Waals surface area contributed by atoms with Gasteiger partial charge in [0, 0.05) is 26.2 Å². The van der Waals surface area contributed by atoms with Gasteiger partial charge in [0.2, 0.25) is 0 Å². The van der Waals surface area contributed by atoms with Crippen molar-refractivity contribution in [2.45, 2.75) is 45.4 Å². The molecule has 4 heteroatoms. The Morgan fingerprint density at radius 3 is 2.62 bits per heavy atom. The van der Waals surface area contributed by atoms with E-state index in [1.54, 1.807) is 7.11 Å². The fraction of sp³-hybridized carbons (Fsp3) is 0.650. The molecule has 2 aliphatic rings. The molecule has 0 bridgehead atoms. The zero-order valence-electron chi connectivity index (χ0n) is 15.2. The molecule has 1 saturated heterocycles. The van der Waals surface area contributed by atoms with E-state index < -0.39 is 0 Å². The average molecular weight is 329 g/mol. The maximum atomic E-state index is 5.21. The van der Waals surface area contributed by atoms with Crippen LogP contribution < -0.4 is 10.1 Å². The third-order valence-corrected chi connectivity index (χ3v) is 5.53. The number of hydrogen-bond acceptors (Lipinski definition) is 2. The number of nitrogens with one attached hydrogen (secondary N) is 1. The molecular formula is C20H31N3O. The fourth-order valence-corrected chi connectivity index (χ4v) is 3.89. The van der Waals surface area contributed by atoms with Crippen molar-refractivity contribution in [3.8, 4) is 5.75 Å². The molecule has 4 nitrogen and oxygen atoms in total. The first-order valence-corrected chi connectivity index (χ1v) is 9.41. The summed E-state index contributed by atoms with van der Waals surface area (Å²) in [6.07, 6.45) is 7.75. The Balaban J connectivity index is 1.48. The molecule has 1 heterocycles. The van der Waals surface area contributed by atoms with Crippen molar-refractivity contribution < 1.29 is 4.74 Å². The number of aryl methyl sites for hydroxylation is 1. The van der Waals surface area contributed by atoms with Gasteiger partial charge in [0.15, 0.2) is 5.96 Å². The van der Waals surface area contributed by atoms with Crippen molar-refractivity contribution in [1.29, 1.82) is 0 Å². The van der Waals surface area contributed by atoms with Crippen LogP contribution in [0.4, 0.5) is 0 Å². The first-order chi connectivity index (χ1) is 11.7. The molecule has 0 unspecified atom stereocenters. The van der Waals surface area contributed by atoms with E-state index >= 15 is 0 Å². The lowest BCUT2D eigenvalue weighted by atomic mass is 9.68. The summed E-state index contributed by atoms with van der Waals surface area (Å²) in [4.78, 5) is 7.36. The highest BCUT2D eigenvalue weighted by atomic mass is 16.5. The van der Waals surface area contributed by atoms with Crippen LogP contribution >= 0.6 is 0 Å². The second-order valence-electron chi connectivity index (χ2n) is 7.21. The van der Waals surface area contributed by atoms with E-state index in [1.807, 2.05) is 12.1 Å². The van der Waals surface area contributed by atoms with E-state index in [0.29, 0.717) is 5.41 Å². The van der Waals surface area contributed by atoms with Gasteiger partial charge in [-0.1, -0.05) is 18.6 Å². The normalized spacial score (nSPS) is 19.4. The van der Waals surface area contributed by atoms with Crippen molar-refractivity contribution in [2.75, 3.05) is 33.3 Å². The largest absolute Gasteiger partial charge is 0.497 e. The molecule has 0 aromatic heterocycles. The number of likely N-dealkylation sites (tertiary alicyclic amines) is 1. The topological polar surface area (TPSA) is 36.9 Å². The van der Waals surface area contributed by atoms with Gasteiger partial charge >= 0.3 is 0 Å². The molecule has 0 atom stereocenters. The maximum Gasteiger partial charge on any atom is 0.193 e. The lowest BCUT2D eigenvalue weighted by Gasteiger charge is -2.38. The highest BCUT2D eigenvalue weighted by molar-refractivity contribution is 5.80. The molecule has 1 aliphatic carbocycles. The van der Waals surface area contributed by atoms with Gasteiger partial charge < -0.3 is 15.0 Å². The van der Waals surface area contributed by atoms with Crippen molar-refractivity contribution >= 4 is 5.96 Å². The van der Waals surface area contributed by atoms with Crippen LogP contribution in [0.15, 0.2) is 29.3 Å². The van der Waals surface area contributed by atoms with Gasteiger partial charge in [-0.25, -0.2) is 0 Å². The van der Waals surface area contributed by atoms with Gasteiger partial charge in [0.05, 0.1) is 7.11 Å². The molecule has 1 spiro atoms. The number of hydrogen-bond donors (Lipinski definition) is 1. The summed E-state index contributed by atoms with van der Waals surface area (Å²) < 4.78 is 5.21. The SMILES string of the molecule is CCNC(=NCCCc1ccc(OC)cc1)N1CCC2(CCC2)C1. The summed E-state index contributed by atoms with van der Waals surface area (Å²) in [5.41, 5.74) is 1.98. The van der Waals surface area contributed by atoms with E-state index in [9.17, 15) is 0 Å². The maximum absolute atomic E-state index is 5.21. The number of benzene rings is 1. The Labute approximate surface area is 146 Å². The molecule has 0 radical (unpaired) electrons. The Hall–Kier alpha value is -1.71. The van der Waals surface area contributed by atoms with E-state index in [-0.39, 0.29) is 0 Å². The van der Waals surface area contributed by atoms with Gasteiger partial charge in [0.25, 0.3) is 0 Å². The summed E-state index contributed by atoms with van der Waals surface area (Å²) in [6, 6.07) is 8.36. The van der Waals surface area contributed by atoms with Crippen LogP contribution in [0.25, 0.3) is 0 Å². The summed E-state index contributed by atoms with van der Waals surface area (Å²) in [5, 5.41) is 3.48. The van der Waals surface area contributed by atoms with Crippen LogP contribution in [-0.2, 0) is 6.42 Å². The second-order valence-corrected chi connectivity index (χ2v) is 7.21. The van der Waals surface area contributed by atoms with Crippen LogP contribution in [0.1, 0.15) is 44.6 Å². The van der Waals surface area contributed by atoms with Gasteiger partial charge in [-0.2, -0.15) is 0 Å². The summed E-state index contributed by atoms with van der Waals surface area (Å²) in [5.74, 6) is 2.04. The van der Waals surface area contributed by atoms with E-state index in [4.69, 9.17) is 9.73 Å². The van der Waals surface area contributed by atoms with Crippen LogP contribution in [-0.4, -0.2) is 44.1 Å². The standard InChI is InChI=1S/C20H31N3O/c1-3-21-19(23-15-13-20(16-23)11-5-12-20)22-14-4-6-17-7-9-18(24-2)10-8-17/h7-10H,3-6,11-16H2,1-2H3,(H,21,22). The highest BCUT2D eigenvalue weighted by Gasteiger charge is 2.43. The molecule has 132 valence electrons. The predicted molar refractivity (Wildman–Crippen MR) is 99.8 cm³/mol. The summed E-state index contributed by atoms with van der Waals surface area (Å²) in [6.45, 7) is 6.36.